The summed E-state index contributed by atoms with van der Waals surface area (Å²) in [6.07, 6.45) is 1.76. The van der Waals surface area contributed by atoms with Crippen molar-refractivity contribution in [1.29, 1.82) is 0 Å². The number of aromatic hydroxyl groups is 1. The fraction of sp³-hybridized carbons (Fsp3) is 0.182. The highest BCUT2D eigenvalue weighted by Gasteiger charge is 2.03. The van der Waals surface area contributed by atoms with E-state index in [4.69, 9.17) is 0 Å². The van der Waals surface area contributed by atoms with E-state index in [0.29, 0.717) is 0 Å². The maximum atomic E-state index is 9.34. The molecule has 0 aliphatic carbocycles. The number of phenols is 1. The number of aryl methyl sites for hydroxylation is 1. The molecule has 72 valence electrons. The zero-order valence-electron chi connectivity index (χ0n) is 8.23. The van der Waals surface area contributed by atoms with Crippen molar-refractivity contribution in [2.45, 2.75) is 13.8 Å². The Morgan fingerprint density at radius 1 is 1.29 bits per heavy atom. The number of aromatic nitrogens is 2. The third-order valence-electron chi connectivity index (χ3n) is 2.36. The Morgan fingerprint density at radius 3 is 2.64 bits per heavy atom. The predicted molar refractivity (Wildman–Crippen MR) is 54.7 cm³/mol. The van der Waals surface area contributed by atoms with Gasteiger partial charge in [-0.15, -0.1) is 0 Å². The van der Waals surface area contributed by atoms with Gasteiger partial charge in [0.15, 0.2) is 0 Å². The van der Waals surface area contributed by atoms with Crippen LogP contribution in [0, 0.1) is 13.8 Å². The molecule has 1 heterocycles. The lowest BCUT2D eigenvalue weighted by Gasteiger charge is -2.05. The molecule has 0 aliphatic rings. The average molecular weight is 188 g/mol. The standard InChI is InChI=1S/C11H12N2O/c1-8-9(2)13(7-12-8)10-4-3-5-11(14)6-10/h3-7,14H,1-2H3. The van der Waals surface area contributed by atoms with Crippen molar-refractivity contribution in [2.24, 2.45) is 0 Å². The van der Waals surface area contributed by atoms with E-state index in [1.165, 1.54) is 0 Å². The molecule has 2 rings (SSSR count). The molecule has 0 saturated carbocycles. The number of benzene rings is 1. The van der Waals surface area contributed by atoms with Gasteiger partial charge in [-0.3, -0.25) is 0 Å². The Hall–Kier alpha value is -1.77. The summed E-state index contributed by atoms with van der Waals surface area (Å²) in [5.41, 5.74) is 3.03. The third kappa shape index (κ3) is 1.37. The molecule has 0 atom stereocenters. The maximum absolute atomic E-state index is 9.34. The topological polar surface area (TPSA) is 38.0 Å². The molecular weight excluding hydrogens is 176 g/mol. The summed E-state index contributed by atoms with van der Waals surface area (Å²) < 4.78 is 1.95. The molecule has 3 nitrogen and oxygen atoms in total. The summed E-state index contributed by atoms with van der Waals surface area (Å²) in [5, 5.41) is 9.34. The Kier molecular flexibility index (Phi) is 2.00. The van der Waals surface area contributed by atoms with Crippen LogP contribution >= 0.6 is 0 Å². The number of imidazole rings is 1. The number of nitrogens with zero attached hydrogens (tertiary/aromatic N) is 2. The molecule has 0 fully saturated rings. The third-order valence-corrected chi connectivity index (χ3v) is 2.36. The van der Waals surface area contributed by atoms with Crippen LogP contribution < -0.4 is 0 Å². The molecule has 0 radical (unpaired) electrons. The molecule has 1 N–H and O–H groups in total. The van der Waals surface area contributed by atoms with Crippen LogP contribution in [0.4, 0.5) is 0 Å². The Morgan fingerprint density at radius 2 is 2.07 bits per heavy atom. The van der Waals surface area contributed by atoms with E-state index < -0.39 is 0 Å². The molecular formula is C11H12N2O. The Labute approximate surface area is 82.7 Å². The molecule has 2 aromatic rings. The van der Waals surface area contributed by atoms with Crippen LogP contribution in [0.5, 0.6) is 5.75 Å². The van der Waals surface area contributed by atoms with E-state index in [9.17, 15) is 5.11 Å². The molecule has 0 spiro atoms. The van der Waals surface area contributed by atoms with E-state index >= 15 is 0 Å². The highest BCUT2D eigenvalue weighted by Crippen LogP contribution is 2.17. The molecule has 3 heteroatoms. The minimum Gasteiger partial charge on any atom is -0.508 e. The van der Waals surface area contributed by atoms with Gasteiger partial charge in [0.05, 0.1) is 17.7 Å². The highest BCUT2D eigenvalue weighted by atomic mass is 16.3. The molecule has 0 unspecified atom stereocenters. The Bertz CT molecular complexity index is 460. The highest BCUT2D eigenvalue weighted by molar-refractivity contribution is 5.40. The van der Waals surface area contributed by atoms with Gasteiger partial charge in [0.25, 0.3) is 0 Å². The zero-order valence-corrected chi connectivity index (χ0v) is 8.23. The molecule has 14 heavy (non-hydrogen) atoms. The SMILES string of the molecule is Cc1ncn(-c2cccc(O)c2)c1C. The number of hydrogen-bond donors (Lipinski definition) is 1. The smallest absolute Gasteiger partial charge is 0.117 e. The van der Waals surface area contributed by atoms with Crippen LogP contribution in [0.3, 0.4) is 0 Å². The van der Waals surface area contributed by atoms with E-state index in [2.05, 4.69) is 4.98 Å². The van der Waals surface area contributed by atoms with E-state index in [-0.39, 0.29) is 5.75 Å². The van der Waals surface area contributed by atoms with Gasteiger partial charge in [-0.25, -0.2) is 4.98 Å². The first-order valence-electron chi connectivity index (χ1n) is 4.48. The predicted octanol–water partition coefficient (Wildman–Crippen LogP) is 2.19. The largest absolute Gasteiger partial charge is 0.508 e. The van der Waals surface area contributed by atoms with Gasteiger partial charge in [-0.05, 0) is 26.0 Å². The normalized spacial score (nSPS) is 10.4. The number of hydrogen-bond acceptors (Lipinski definition) is 2. The number of phenolic OH excluding ortho intramolecular Hbond substituents is 1. The first-order chi connectivity index (χ1) is 6.68. The summed E-state index contributed by atoms with van der Waals surface area (Å²) in [4.78, 5) is 4.20. The summed E-state index contributed by atoms with van der Waals surface area (Å²) in [6, 6.07) is 7.13. The van der Waals surface area contributed by atoms with Gasteiger partial charge >= 0.3 is 0 Å². The van der Waals surface area contributed by atoms with Crippen LogP contribution in [0.1, 0.15) is 11.4 Å². The Balaban J connectivity index is 2.55. The van der Waals surface area contributed by atoms with Crippen LogP contribution in [0.15, 0.2) is 30.6 Å². The van der Waals surface area contributed by atoms with E-state index in [1.54, 1.807) is 18.5 Å². The fourth-order valence-corrected chi connectivity index (χ4v) is 1.40. The second kappa shape index (κ2) is 3.18. The van der Waals surface area contributed by atoms with Crippen molar-refractivity contribution in [3.63, 3.8) is 0 Å². The van der Waals surface area contributed by atoms with Gasteiger partial charge in [0, 0.05) is 11.8 Å². The maximum Gasteiger partial charge on any atom is 0.117 e. The van der Waals surface area contributed by atoms with Crippen LogP contribution in [0.25, 0.3) is 5.69 Å². The van der Waals surface area contributed by atoms with E-state index in [1.807, 2.05) is 30.5 Å². The second-order valence-corrected chi connectivity index (χ2v) is 3.31. The minimum absolute atomic E-state index is 0.272. The van der Waals surface area contributed by atoms with Gasteiger partial charge in [-0.2, -0.15) is 0 Å². The van der Waals surface area contributed by atoms with Crippen molar-refractivity contribution in [3.8, 4) is 11.4 Å². The summed E-state index contributed by atoms with van der Waals surface area (Å²) in [6.45, 7) is 3.97. The van der Waals surface area contributed by atoms with Crippen molar-refractivity contribution in [3.05, 3.63) is 42.0 Å². The monoisotopic (exact) mass is 188 g/mol. The molecule has 1 aromatic heterocycles. The summed E-state index contributed by atoms with van der Waals surface area (Å²) >= 11 is 0. The quantitative estimate of drug-likeness (QED) is 0.745. The van der Waals surface area contributed by atoms with Crippen LogP contribution in [-0.2, 0) is 0 Å². The van der Waals surface area contributed by atoms with Crippen LogP contribution in [-0.4, -0.2) is 14.7 Å². The van der Waals surface area contributed by atoms with Crippen LogP contribution in [0.2, 0.25) is 0 Å². The van der Waals surface area contributed by atoms with Gasteiger partial charge in [-0.1, -0.05) is 6.07 Å². The molecule has 0 saturated heterocycles. The van der Waals surface area contributed by atoms with Gasteiger partial charge in [0.1, 0.15) is 5.75 Å². The average Bonchev–Trinajstić information content (AvgIpc) is 2.48. The molecule has 1 aromatic carbocycles. The molecule has 0 amide bonds. The van der Waals surface area contributed by atoms with Gasteiger partial charge < -0.3 is 9.67 Å². The van der Waals surface area contributed by atoms with Crippen molar-refractivity contribution >= 4 is 0 Å². The first kappa shape index (κ1) is 8.81. The molecule has 0 aliphatic heterocycles. The lowest BCUT2D eigenvalue weighted by Crippen LogP contribution is -1.94. The fourth-order valence-electron chi connectivity index (χ4n) is 1.40. The van der Waals surface area contributed by atoms with Crippen molar-refractivity contribution < 1.29 is 5.11 Å². The van der Waals surface area contributed by atoms with Crippen molar-refractivity contribution in [2.75, 3.05) is 0 Å². The van der Waals surface area contributed by atoms with E-state index in [0.717, 1.165) is 17.1 Å². The van der Waals surface area contributed by atoms with Crippen molar-refractivity contribution in [1.82, 2.24) is 9.55 Å². The lowest BCUT2D eigenvalue weighted by atomic mass is 10.3. The second-order valence-electron chi connectivity index (χ2n) is 3.31. The lowest BCUT2D eigenvalue weighted by molar-refractivity contribution is 0.475. The minimum atomic E-state index is 0.272. The summed E-state index contributed by atoms with van der Waals surface area (Å²) in [5.74, 6) is 0.272. The number of rotatable bonds is 1. The molecule has 0 bridgehead atoms. The first-order valence-corrected chi connectivity index (χ1v) is 4.48. The van der Waals surface area contributed by atoms with Gasteiger partial charge in [0.2, 0.25) is 0 Å². The summed E-state index contributed by atoms with van der Waals surface area (Å²) in [7, 11) is 0. The zero-order chi connectivity index (χ0) is 10.1.